The minimum atomic E-state index is -0.578. The number of ether oxygens (including phenoxy) is 3. The SMILES string of the molecule is COc1cc(CC(COC(C)=O)OC(C)=O)ccc1O. The maximum absolute atomic E-state index is 11.0. The number of phenols is 1. The largest absolute Gasteiger partial charge is 0.504 e. The summed E-state index contributed by atoms with van der Waals surface area (Å²) in [7, 11) is 1.45. The number of carbonyl (C=O) groups is 2. The molecule has 1 aromatic rings. The molecular weight excluding hydrogens is 264 g/mol. The summed E-state index contributed by atoms with van der Waals surface area (Å²) in [6.45, 7) is 2.56. The maximum atomic E-state index is 11.0. The smallest absolute Gasteiger partial charge is 0.303 e. The molecule has 0 bridgehead atoms. The van der Waals surface area contributed by atoms with Crippen molar-refractivity contribution in [1.29, 1.82) is 0 Å². The zero-order chi connectivity index (χ0) is 15.1. The first-order chi connectivity index (χ1) is 9.42. The van der Waals surface area contributed by atoms with Gasteiger partial charge in [-0.2, -0.15) is 0 Å². The maximum Gasteiger partial charge on any atom is 0.303 e. The Balaban J connectivity index is 2.77. The average Bonchev–Trinajstić information content (AvgIpc) is 2.37. The van der Waals surface area contributed by atoms with E-state index in [9.17, 15) is 14.7 Å². The van der Waals surface area contributed by atoms with Crippen LogP contribution in [0.15, 0.2) is 18.2 Å². The second-order valence-electron chi connectivity index (χ2n) is 4.24. The fraction of sp³-hybridized carbons (Fsp3) is 0.429. The molecule has 1 N–H and O–H groups in total. The van der Waals surface area contributed by atoms with Gasteiger partial charge in [0, 0.05) is 20.3 Å². The summed E-state index contributed by atoms with van der Waals surface area (Å²) in [5, 5.41) is 9.51. The first-order valence-electron chi connectivity index (χ1n) is 6.08. The normalized spacial score (nSPS) is 11.6. The summed E-state index contributed by atoms with van der Waals surface area (Å²) < 4.78 is 15.0. The highest BCUT2D eigenvalue weighted by molar-refractivity contribution is 5.67. The summed E-state index contributed by atoms with van der Waals surface area (Å²) in [4.78, 5) is 21.9. The third-order valence-corrected chi connectivity index (χ3v) is 2.51. The Morgan fingerprint density at radius 1 is 1.25 bits per heavy atom. The molecule has 0 amide bonds. The Morgan fingerprint density at radius 3 is 2.50 bits per heavy atom. The van der Waals surface area contributed by atoms with Crippen LogP contribution in [-0.2, 0) is 25.5 Å². The quantitative estimate of drug-likeness (QED) is 0.795. The third-order valence-electron chi connectivity index (χ3n) is 2.51. The number of phenolic OH excluding ortho intramolecular Hbond substituents is 1. The summed E-state index contributed by atoms with van der Waals surface area (Å²) in [6, 6.07) is 4.81. The van der Waals surface area contributed by atoms with Crippen molar-refractivity contribution in [2.75, 3.05) is 13.7 Å². The van der Waals surface area contributed by atoms with Crippen LogP contribution in [-0.4, -0.2) is 36.9 Å². The van der Waals surface area contributed by atoms with E-state index in [1.807, 2.05) is 0 Å². The van der Waals surface area contributed by atoms with Crippen LogP contribution in [0.25, 0.3) is 0 Å². The van der Waals surface area contributed by atoms with Gasteiger partial charge in [0.2, 0.25) is 0 Å². The minimum absolute atomic E-state index is 0.0158. The monoisotopic (exact) mass is 282 g/mol. The number of aromatic hydroxyl groups is 1. The van der Waals surface area contributed by atoms with Gasteiger partial charge in [-0.25, -0.2) is 0 Å². The van der Waals surface area contributed by atoms with E-state index in [0.29, 0.717) is 12.2 Å². The first kappa shape index (κ1) is 15.8. The summed E-state index contributed by atoms with van der Waals surface area (Å²) >= 11 is 0. The molecule has 0 spiro atoms. The van der Waals surface area contributed by atoms with E-state index >= 15 is 0 Å². The van der Waals surface area contributed by atoms with E-state index in [2.05, 4.69) is 0 Å². The number of benzene rings is 1. The lowest BCUT2D eigenvalue weighted by Crippen LogP contribution is -2.26. The molecule has 0 fully saturated rings. The Labute approximate surface area is 117 Å². The van der Waals surface area contributed by atoms with Gasteiger partial charge in [-0.3, -0.25) is 9.59 Å². The summed E-state index contributed by atoms with van der Waals surface area (Å²) in [5.41, 5.74) is 0.790. The highest BCUT2D eigenvalue weighted by Gasteiger charge is 2.16. The van der Waals surface area contributed by atoms with E-state index in [0.717, 1.165) is 5.56 Å². The molecule has 0 heterocycles. The van der Waals surface area contributed by atoms with Crippen LogP contribution in [0.4, 0.5) is 0 Å². The van der Waals surface area contributed by atoms with Gasteiger partial charge in [-0.1, -0.05) is 6.07 Å². The van der Waals surface area contributed by atoms with Crippen LogP contribution in [0.1, 0.15) is 19.4 Å². The lowest BCUT2D eigenvalue weighted by Gasteiger charge is -2.17. The highest BCUT2D eigenvalue weighted by atomic mass is 16.6. The number of hydrogen-bond acceptors (Lipinski definition) is 6. The molecule has 0 saturated carbocycles. The lowest BCUT2D eigenvalue weighted by atomic mass is 10.1. The molecule has 0 aliphatic heterocycles. The summed E-state index contributed by atoms with van der Waals surface area (Å²) in [5.74, 6) is -0.532. The van der Waals surface area contributed by atoms with Crippen molar-refractivity contribution in [3.05, 3.63) is 23.8 Å². The van der Waals surface area contributed by atoms with E-state index in [1.54, 1.807) is 12.1 Å². The van der Waals surface area contributed by atoms with Crippen LogP contribution in [0.3, 0.4) is 0 Å². The third kappa shape index (κ3) is 5.17. The van der Waals surface area contributed by atoms with Crippen molar-refractivity contribution in [2.45, 2.75) is 26.4 Å². The van der Waals surface area contributed by atoms with Gasteiger partial charge < -0.3 is 19.3 Å². The van der Waals surface area contributed by atoms with Crippen molar-refractivity contribution >= 4 is 11.9 Å². The fourth-order valence-electron chi connectivity index (χ4n) is 1.69. The van der Waals surface area contributed by atoms with Crippen LogP contribution in [0.5, 0.6) is 11.5 Å². The van der Waals surface area contributed by atoms with Gasteiger partial charge >= 0.3 is 11.9 Å². The molecule has 6 heteroatoms. The topological polar surface area (TPSA) is 82.1 Å². The van der Waals surface area contributed by atoms with Gasteiger partial charge in [-0.15, -0.1) is 0 Å². The van der Waals surface area contributed by atoms with Gasteiger partial charge in [0.05, 0.1) is 7.11 Å². The van der Waals surface area contributed by atoms with Crippen molar-refractivity contribution in [3.63, 3.8) is 0 Å². The van der Waals surface area contributed by atoms with Crippen molar-refractivity contribution in [3.8, 4) is 11.5 Å². The fourth-order valence-corrected chi connectivity index (χ4v) is 1.69. The summed E-state index contributed by atoms with van der Waals surface area (Å²) in [6.07, 6.45) is -0.227. The van der Waals surface area contributed by atoms with E-state index < -0.39 is 18.0 Å². The van der Waals surface area contributed by atoms with Gasteiger partial charge in [0.1, 0.15) is 12.7 Å². The van der Waals surface area contributed by atoms with Crippen molar-refractivity contribution in [1.82, 2.24) is 0 Å². The Morgan fingerprint density at radius 2 is 1.95 bits per heavy atom. The number of hydrogen-bond donors (Lipinski definition) is 1. The zero-order valence-corrected chi connectivity index (χ0v) is 11.7. The molecule has 110 valence electrons. The zero-order valence-electron chi connectivity index (χ0n) is 11.7. The molecular formula is C14H18O6. The standard InChI is InChI=1S/C14H18O6/c1-9(15)19-8-12(20-10(2)16)6-11-4-5-13(17)14(7-11)18-3/h4-5,7,12,17H,6,8H2,1-3H3. The molecule has 0 saturated heterocycles. The molecule has 20 heavy (non-hydrogen) atoms. The second kappa shape index (κ2) is 7.37. The predicted octanol–water partition coefficient (Wildman–Crippen LogP) is 1.44. The van der Waals surface area contributed by atoms with Crippen LogP contribution < -0.4 is 4.74 Å². The molecule has 0 radical (unpaired) electrons. The Hall–Kier alpha value is -2.24. The Kier molecular flexibility index (Phi) is 5.83. The van der Waals surface area contributed by atoms with E-state index in [4.69, 9.17) is 14.2 Å². The second-order valence-corrected chi connectivity index (χ2v) is 4.24. The van der Waals surface area contributed by atoms with Gasteiger partial charge in [0.15, 0.2) is 11.5 Å². The molecule has 1 aromatic carbocycles. The molecule has 1 unspecified atom stereocenters. The van der Waals surface area contributed by atoms with Crippen molar-refractivity contribution < 1.29 is 28.9 Å². The lowest BCUT2D eigenvalue weighted by molar-refractivity contribution is -0.156. The number of carbonyl (C=O) groups excluding carboxylic acids is 2. The molecule has 1 atom stereocenters. The Bertz CT molecular complexity index is 483. The molecule has 0 aromatic heterocycles. The molecule has 0 aliphatic rings. The molecule has 1 rings (SSSR count). The minimum Gasteiger partial charge on any atom is -0.504 e. The average molecular weight is 282 g/mol. The molecule has 6 nitrogen and oxygen atoms in total. The van der Waals surface area contributed by atoms with Gasteiger partial charge in [0.25, 0.3) is 0 Å². The predicted molar refractivity (Wildman–Crippen MR) is 70.5 cm³/mol. The first-order valence-corrected chi connectivity index (χ1v) is 6.08. The molecule has 0 aliphatic carbocycles. The van der Waals surface area contributed by atoms with Crippen LogP contribution in [0.2, 0.25) is 0 Å². The highest BCUT2D eigenvalue weighted by Crippen LogP contribution is 2.27. The van der Waals surface area contributed by atoms with Crippen LogP contribution >= 0.6 is 0 Å². The van der Waals surface area contributed by atoms with Gasteiger partial charge in [-0.05, 0) is 17.7 Å². The van der Waals surface area contributed by atoms with Crippen molar-refractivity contribution in [2.24, 2.45) is 0 Å². The number of esters is 2. The van der Waals surface area contributed by atoms with Crippen LogP contribution in [0, 0.1) is 0 Å². The van der Waals surface area contributed by atoms with E-state index in [-0.39, 0.29) is 12.4 Å². The number of rotatable bonds is 6. The number of methoxy groups -OCH3 is 1. The van der Waals surface area contributed by atoms with E-state index in [1.165, 1.54) is 27.0 Å².